The number of nitrogens with zero attached hydrogens (tertiary/aromatic N) is 2. The fourth-order valence-electron chi connectivity index (χ4n) is 3.36. The van der Waals surface area contributed by atoms with E-state index < -0.39 is 0 Å². The Morgan fingerprint density at radius 2 is 1.64 bits per heavy atom. The second kappa shape index (κ2) is 9.83. The first-order valence-electron chi connectivity index (χ1n) is 9.97. The van der Waals surface area contributed by atoms with Crippen LogP contribution in [-0.4, -0.2) is 19.2 Å². The molecule has 0 aliphatic carbocycles. The largest absolute Gasteiger partial charge is 0.497 e. The molecule has 4 rings (SSSR count). The number of methoxy groups -OCH3 is 2. The van der Waals surface area contributed by atoms with Crippen molar-refractivity contribution in [1.82, 2.24) is 4.98 Å². The summed E-state index contributed by atoms with van der Waals surface area (Å²) in [4.78, 5) is 4.47. The molecule has 0 amide bonds. The number of hydrogen-bond acceptors (Lipinski definition) is 5. The van der Waals surface area contributed by atoms with Crippen LogP contribution in [-0.2, 0) is 0 Å². The van der Waals surface area contributed by atoms with Gasteiger partial charge in [-0.25, -0.2) is 0 Å². The number of aromatic nitrogens is 1. The van der Waals surface area contributed by atoms with Crippen LogP contribution in [0.1, 0.15) is 16.7 Å². The molecule has 1 aromatic heterocycles. The van der Waals surface area contributed by atoms with Crippen LogP contribution in [0.25, 0.3) is 23.1 Å². The lowest BCUT2D eigenvalue weighted by atomic mass is 10.1. The average molecular weight is 476 g/mol. The van der Waals surface area contributed by atoms with Crippen molar-refractivity contribution in [3.05, 3.63) is 87.5 Å². The van der Waals surface area contributed by atoms with Gasteiger partial charge in [0.25, 0.3) is 0 Å². The number of rotatable bonds is 6. The van der Waals surface area contributed by atoms with Gasteiger partial charge in [-0.15, -0.1) is 0 Å². The molecule has 0 fully saturated rings. The van der Waals surface area contributed by atoms with E-state index in [1.54, 1.807) is 25.4 Å². The number of anilines is 2. The van der Waals surface area contributed by atoms with Crippen LogP contribution in [0.4, 0.5) is 11.4 Å². The smallest absolute Gasteiger partial charge is 0.139 e. The Morgan fingerprint density at radius 1 is 0.909 bits per heavy atom. The highest BCUT2D eigenvalue weighted by molar-refractivity contribution is 6.37. The zero-order chi connectivity index (χ0) is 23.4. The predicted molar refractivity (Wildman–Crippen MR) is 135 cm³/mol. The van der Waals surface area contributed by atoms with Crippen LogP contribution >= 0.6 is 23.2 Å². The first-order chi connectivity index (χ1) is 16.0. The van der Waals surface area contributed by atoms with Crippen molar-refractivity contribution in [2.45, 2.75) is 0 Å². The van der Waals surface area contributed by atoms with Crippen molar-refractivity contribution in [2.75, 3.05) is 19.5 Å². The van der Waals surface area contributed by atoms with E-state index in [4.69, 9.17) is 32.7 Å². The minimum Gasteiger partial charge on any atom is -0.497 e. The van der Waals surface area contributed by atoms with Crippen LogP contribution in [0, 0.1) is 11.3 Å². The number of pyridine rings is 1. The molecule has 164 valence electrons. The van der Waals surface area contributed by atoms with Crippen molar-refractivity contribution in [3.8, 4) is 17.6 Å². The highest BCUT2D eigenvalue weighted by Crippen LogP contribution is 2.38. The second-order valence-electron chi connectivity index (χ2n) is 7.13. The first-order valence-corrected chi connectivity index (χ1v) is 10.7. The third-order valence-electron chi connectivity index (χ3n) is 5.10. The average Bonchev–Trinajstić information content (AvgIpc) is 2.84. The Hall–Kier alpha value is -3.72. The molecule has 0 saturated carbocycles. The van der Waals surface area contributed by atoms with Crippen molar-refractivity contribution >= 4 is 57.6 Å². The van der Waals surface area contributed by atoms with Crippen LogP contribution in [0.15, 0.2) is 60.8 Å². The molecule has 0 unspecified atom stereocenters. The predicted octanol–water partition coefficient (Wildman–Crippen LogP) is 7.34. The number of nitrogens with one attached hydrogen (secondary N) is 1. The SMILES string of the molecule is COc1ccc(C=Cc2ccc3c(Nc4cc(OC)c(Cl)cc4Cl)c(C#N)cnc3c2)cc1. The zero-order valence-corrected chi connectivity index (χ0v) is 19.4. The second-order valence-corrected chi connectivity index (χ2v) is 7.95. The van der Waals surface area contributed by atoms with Gasteiger partial charge in [-0.2, -0.15) is 5.26 Å². The third-order valence-corrected chi connectivity index (χ3v) is 5.71. The monoisotopic (exact) mass is 475 g/mol. The minimum absolute atomic E-state index is 0.397. The fraction of sp³-hybridized carbons (Fsp3) is 0.0769. The normalized spacial score (nSPS) is 10.9. The summed E-state index contributed by atoms with van der Waals surface area (Å²) in [7, 11) is 3.17. The third kappa shape index (κ3) is 4.88. The van der Waals surface area contributed by atoms with Gasteiger partial charge >= 0.3 is 0 Å². The fourth-order valence-corrected chi connectivity index (χ4v) is 3.86. The molecule has 0 aliphatic rings. The van der Waals surface area contributed by atoms with Gasteiger partial charge in [-0.3, -0.25) is 4.98 Å². The Kier molecular flexibility index (Phi) is 6.69. The van der Waals surface area contributed by atoms with Gasteiger partial charge in [-0.05, 0) is 35.4 Å². The molecule has 1 heterocycles. The highest BCUT2D eigenvalue weighted by atomic mass is 35.5. The number of hydrogen-bond donors (Lipinski definition) is 1. The summed E-state index contributed by atoms with van der Waals surface area (Å²) in [5.41, 5.74) is 4.36. The van der Waals surface area contributed by atoms with Gasteiger partial charge in [-0.1, -0.05) is 59.6 Å². The van der Waals surface area contributed by atoms with E-state index in [2.05, 4.69) is 16.4 Å². The molecule has 0 radical (unpaired) electrons. The molecule has 1 N–H and O–H groups in total. The van der Waals surface area contributed by atoms with Crippen LogP contribution < -0.4 is 14.8 Å². The number of fused-ring (bicyclic) bond motifs is 1. The maximum atomic E-state index is 9.64. The lowest BCUT2D eigenvalue weighted by Gasteiger charge is -2.14. The Balaban J connectivity index is 1.70. The summed E-state index contributed by atoms with van der Waals surface area (Å²) in [5, 5.41) is 14.5. The molecule has 0 bridgehead atoms. The van der Waals surface area contributed by atoms with E-state index in [-0.39, 0.29) is 0 Å². The van der Waals surface area contributed by atoms with E-state index in [0.717, 1.165) is 27.8 Å². The van der Waals surface area contributed by atoms with Gasteiger partial charge in [0.1, 0.15) is 17.6 Å². The van der Waals surface area contributed by atoms with Gasteiger partial charge in [0, 0.05) is 17.6 Å². The quantitative estimate of drug-likeness (QED) is 0.295. The Bertz CT molecular complexity index is 1390. The Labute approximate surface area is 201 Å². The molecule has 5 nitrogen and oxygen atoms in total. The molecule has 0 saturated heterocycles. The summed E-state index contributed by atoms with van der Waals surface area (Å²) in [5.74, 6) is 1.29. The number of nitriles is 1. The molecule has 7 heteroatoms. The number of benzene rings is 3. The summed E-state index contributed by atoms with van der Waals surface area (Å²) in [6, 6.07) is 19.2. The van der Waals surface area contributed by atoms with Gasteiger partial charge in [0.15, 0.2) is 0 Å². The van der Waals surface area contributed by atoms with Crippen molar-refractivity contribution < 1.29 is 9.47 Å². The molecular formula is C26H19Cl2N3O2. The van der Waals surface area contributed by atoms with Crippen molar-refractivity contribution in [1.29, 1.82) is 5.26 Å². The molecule has 33 heavy (non-hydrogen) atoms. The summed E-state index contributed by atoms with van der Waals surface area (Å²) < 4.78 is 10.5. The summed E-state index contributed by atoms with van der Waals surface area (Å²) >= 11 is 12.5. The van der Waals surface area contributed by atoms with E-state index in [0.29, 0.717) is 32.7 Å². The van der Waals surface area contributed by atoms with E-state index in [1.807, 2.05) is 54.6 Å². The lowest BCUT2D eigenvalue weighted by Crippen LogP contribution is -1.98. The molecule has 0 spiro atoms. The molecule has 0 aliphatic heterocycles. The Morgan fingerprint density at radius 3 is 2.33 bits per heavy atom. The maximum absolute atomic E-state index is 9.64. The zero-order valence-electron chi connectivity index (χ0n) is 17.9. The summed E-state index contributed by atoms with van der Waals surface area (Å²) in [6.45, 7) is 0. The lowest BCUT2D eigenvalue weighted by molar-refractivity contribution is 0.415. The van der Waals surface area contributed by atoms with Crippen LogP contribution in [0.5, 0.6) is 11.5 Å². The minimum atomic E-state index is 0.397. The molecule has 3 aromatic carbocycles. The van der Waals surface area contributed by atoms with Gasteiger partial charge < -0.3 is 14.8 Å². The van der Waals surface area contributed by atoms with E-state index in [1.165, 1.54) is 7.11 Å². The highest BCUT2D eigenvalue weighted by Gasteiger charge is 2.13. The van der Waals surface area contributed by atoms with Gasteiger partial charge in [0.2, 0.25) is 0 Å². The van der Waals surface area contributed by atoms with Crippen LogP contribution in [0.2, 0.25) is 10.0 Å². The van der Waals surface area contributed by atoms with E-state index in [9.17, 15) is 5.26 Å². The molecule has 0 atom stereocenters. The van der Waals surface area contributed by atoms with Crippen molar-refractivity contribution in [3.63, 3.8) is 0 Å². The van der Waals surface area contributed by atoms with Crippen molar-refractivity contribution in [2.24, 2.45) is 0 Å². The van der Waals surface area contributed by atoms with Crippen LogP contribution in [0.3, 0.4) is 0 Å². The van der Waals surface area contributed by atoms with Gasteiger partial charge in [0.05, 0.1) is 46.7 Å². The number of halogens is 2. The molecular weight excluding hydrogens is 457 g/mol. The molecule has 4 aromatic rings. The summed E-state index contributed by atoms with van der Waals surface area (Å²) in [6.07, 6.45) is 5.57. The topological polar surface area (TPSA) is 67.2 Å². The standard InChI is InChI=1S/C26H19Cl2N3O2/c1-32-19-8-5-16(6-9-19)3-4-17-7-10-20-23(11-17)30-15-18(14-29)26(20)31-24-13-25(33-2)22(28)12-21(24)27/h3-13,15H,1-2H3,(H,30,31). The number of ether oxygens (including phenoxy) is 2. The first kappa shape index (κ1) is 22.5. The maximum Gasteiger partial charge on any atom is 0.139 e. The van der Waals surface area contributed by atoms with E-state index >= 15 is 0 Å².